The SMILES string of the molecule is Cl.O=C(NC(C1CCCC1)C(F)(F)F)C1CC12CCNCC2. The van der Waals surface area contributed by atoms with Gasteiger partial charge in [0.25, 0.3) is 0 Å². The van der Waals surface area contributed by atoms with Crippen LogP contribution in [-0.2, 0) is 4.79 Å². The van der Waals surface area contributed by atoms with Crippen molar-refractivity contribution in [1.82, 2.24) is 10.6 Å². The summed E-state index contributed by atoms with van der Waals surface area (Å²) in [6, 6.07) is -1.65. The Morgan fingerprint density at radius 2 is 1.77 bits per heavy atom. The van der Waals surface area contributed by atoms with Gasteiger partial charge < -0.3 is 10.6 Å². The van der Waals surface area contributed by atoms with Gasteiger partial charge in [0.15, 0.2) is 0 Å². The molecular weight excluding hydrogens is 317 g/mol. The van der Waals surface area contributed by atoms with Crippen LogP contribution in [0.1, 0.15) is 44.9 Å². The van der Waals surface area contributed by atoms with E-state index in [1.807, 2.05) is 0 Å². The number of rotatable bonds is 3. The second-order valence-corrected chi connectivity index (χ2v) is 6.94. The molecule has 1 spiro atoms. The van der Waals surface area contributed by atoms with Crippen LogP contribution in [0, 0.1) is 17.3 Å². The summed E-state index contributed by atoms with van der Waals surface area (Å²) in [7, 11) is 0. The monoisotopic (exact) mass is 340 g/mol. The van der Waals surface area contributed by atoms with Crippen molar-refractivity contribution in [1.29, 1.82) is 0 Å². The van der Waals surface area contributed by atoms with Crippen molar-refractivity contribution in [2.45, 2.75) is 57.2 Å². The van der Waals surface area contributed by atoms with E-state index >= 15 is 0 Å². The Balaban J connectivity index is 0.00000176. The maximum absolute atomic E-state index is 13.2. The lowest BCUT2D eigenvalue weighted by Crippen LogP contribution is -2.50. The molecule has 22 heavy (non-hydrogen) atoms. The number of hydrogen-bond donors (Lipinski definition) is 2. The van der Waals surface area contributed by atoms with Gasteiger partial charge in [0.1, 0.15) is 6.04 Å². The van der Waals surface area contributed by atoms with E-state index in [1.165, 1.54) is 0 Å². The van der Waals surface area contributed by atoms with Gasteiger partial charge in [0.05, 0.1) is 0 Å². The number of alkyl halides is 3. The summed E-state index contributed by atoms with van der Waals surface area (Å²) in [5.41, 5.74) is -0.0127. The van der Waals surface area contributed by atoms with Crippen molar-refractivity contribution >= 4 is 18.3 Å². The average molecular weight is 341 g/mol. The van der Waals surface area contributed by atoms with Crippen LogP contribution in [0.2, 0.25) is 0 Å². The van der Waals surface area contributed by atoms with Crippen molar-refractivity contribution in [3.63, 3.8) is 0 Å². The molecule has 2 saturated carbocycles. The van der Waals surface area contributed by atoms with Crippen LogP contribution in [-0.4, -0.2) is 31.2 Å². The third-order valence-electron chi connectivity index (χ3n) is 5.63. The molecule has 0 bridgehead atoms. The van der Waals surface area contributed by atoms with E-state index in [4.69, 9.17) is 0 Å². The van der Waals surface area contributed by atoms with Crippen LogP contribution in [0.4, 0.5) is 13.2 Å². The van der Waals surface area contributed by atoms with E-state index in [1.54, 1.807) is 0 Å². The normalized spacial score (nSPS) is 29.0. The topological polar surface area (TPSA) is 41.1 Å². The van der Waals surface area contributed by atoms with Crippen molar-refractivity contribution in [2.24, 2.45) is 17.3 Å². The first-order valence-electron chi connectivity index (χ1n) is 8.00. The number of amides is 1. The van der Waals surface area contributed by atoms with E-state index in [2.05, 4.69) is 10.6 Å². The molecule has 2 aliphatic carbocycles. The van der Waals surface area contributed by atoms with Gasteiger partial charge in [0, 0.05) is 5.92 Å². The Morgan fingerprint density at radius 3 is 2.32 bits per heavy atom. The number of piperidine rings is 1. The van der Waals surface area contributed by atoms with Gasteiger partial charge in [-0.2, -0.15) is 13.2 Å². The smallest absolute Gasteiger partial charge is 0.344 e. The third kappa shape index (κ3) is 3.53. The number of carbonyl (C=O) groups is 1. The van der Waals surface area contributed by atoms with Crippen LogP contribution in [0.3, 0.4) is 0 Å². The van der Waals surface area contributed by atoms with Gasteiger partial charge >= 0.3 is 6.18 Å². The largest absolute Gasteiger partial charge is 0.408 e. The summed E-state index contributed by atoms with van der Waals surface area (Å²) < 4.78 is 39.7. The highest BCUT2D eigenvalue weighted by molar-refractivity contribution is 5.85. The highest BCUT2D eigenvalue weighted by Crippen LogP contribution is 2.58. The van der Waals surface area contributed by atoms with Crippen LogP contribution >= 0.6 is 12.4 Å². The summed E-state index contributed by atoms with van der Waals surface area (Å²) >= 11 is 0. The third-order valence-corrected chi connectivity index (χ3v) is 5.63. The molecule has 0 aromatic heterocycles. The van der Waals surface area contributed by atoms with Gasteiger partial charge in [-0.25, -0.2) is 0 Å². The molecule has 1 saturated heterocycles. The molecule has 3 nitrogen and oxygen atoms in total. The molecular formula is C15H24ClF3N2O. The first-order valence-corrected chi connectivity index (χ1v) is 8.00. The Morgan fingerprint density at radius 1 is 1.18 bits per heavy atom. The molecule has 7 heteroatoms. The minimum atomic E-state index is -4.33. The first kappa shape index (κ1) is 17.9. The summed E-state index contributed by atoms with van der Waals surface area (Å²) in [4.78, 5) is 12.3. The summed E-state index contributed by atoms with van der Waals surface area (Å²) in [6.45, 7) is 1.74. The number of hydrogen-bond acceptors (Lipinski definition) is 2. The predicted octanol–water partition coefficient (Wildman–Crippen LogP) is 3.04. The molecule has 0 aromatic carbocycles. The second kappa shape index (κ2) is 6.56. The zero-order valence-electron chi connectivity index (χ0n) is 12.5. The second-order valence-electron chi connectivity index (χ2n) is 6.94. The Bertz CT molecular complexity index is 404. The number of halogens is 4. The molecule has 0 aromatic rings. The van der Waals surface area contributed by atoms with Crippen LogP contribution in [0.5, 0.6) is 0 Å². The van der Waals surface area contributed by atoms with Crippen molar-refractivity contribution in [3.8, 4) is 0 Å². The van der Waals surface area contributed by atoms with E-state index in [-0.39, 0.29) is 29.6 Å². The summed E-state index contributed by atoms with van der Waals surface area (Å²) in [5, 5.41) is 5.59. The molecule has 2 atom stereocenters. The molecule has 1 amide bonds. The van der Waals surface area contributed by atoms with E-state index in [9.17, 15) is 18.0 Å². The van der Waals surface area contributed by atoms with Gasteiger partial charge in [0.2, 0.25) is 5.91 Å². The fourth-order valence-corrected chi connectivity index (χ4v) is 4.21. The van der Waals surface area contributed by atoms with Gasteiger partial charge in [-0.1, -0.05) is 12.8 Å². The Labute approximate surface area is 135 Å². The zero-order valence-corrected chi connectivity index (χ0v) is 13.4. The van der Waals surface area contributed by atoms with Crippen molar-refractivity contribution in [2.75, 3.05) is 13.1 Å². The molecule has 128 valence electrons. The lowest BCUT2D eigenvalue weighted by atomic mass is 9.91. The Kier molecular flexibility index (Phi) is 5.32. The molecule has 1 aliphatic heterocycles. The molecule has 3 fully saturated rings. The summed E-state index contributed by atoms with van der Waals surface area (Å²) in [6.07, 6.45) is 1.07. The van der Waals surface area contributed by atoms with Crippen molar-refractivity contribution < 1.29 is 18.0 Å². The van der Waals surface area contributed by atoms with E-state index in [0.29, 0.717) is 12.8 Å². The Hall–Kier alpha value is -0.490. The number of nitrogens with one attached hydrogen (secondary N) is 2. The highest BCUT2D eigenvalue weighted by atomic mass is 35.5. The van der Waals surface area contributed by atoms with Crippen LogP contribution in [0.15, 0.2) is 0 Å². The fourth-order valence-electron chi connectivity index (χ4n) is 4.21. The molecule has 2 unspecified atom stereocenters. The van der Waals surface area contributed by atoms with Gasteiger partial charge in [-0.05, 0) is 56.5 Å². The lowest BCUT2D eigenvalue weighted by Gasteiger charge is -2.28. The van der Waals surface area contributed by atoms with E-state index in [0.717, 1.165) is 45.2 Å². The summed E-state index contributed by atoms with van der Waals surface area (Å²) in [5.74, 6) is -1.01. The van der Waals surface area contributed by atoms with Crippen LogP contribution in [0.25, 0.3) is 0 Å². The van der Waals surface area contributed by atoms with Gasteiger partial charge in [-0.15, -0.1) is 12.4 Å². The predicted molar refractivity (Wildman–Crippen MR) is 79.8 cm³/mol. The minimum Gasteiger partial charge on any atom is -0.344 e. The standard InChI is InChI=1S/C15H23F3N2O.ClH/c16-15(17,18)12(10-3-1-2-4-10)20-13(21)11-9-14(11)5-7-19-8-6-14;/h10-12,19H,1-9H2,(H,20,21);1H. The number of carbonyl (C=O) groups excluding carboxylic acids is 1. The van der Waals surface area contributed by atoms with Crippen LogP contribution < -0.4 is 10.6 Å². The van der Waals surface area contributed by atoms with Gasteiger partial charge in [-0.3, -0.25) is 4.79 Å². The molecule has 3 aliphatic rings. The fraction of sp³-hybridized carbons (Fsp3) is 0.933. The average Bonchev–Trinajstić information content (AvgIpc) is 2.88. The zero-order chi connectivity index (χ0) is 15.1. The maximum atomic E-state index is 13.2. The maximum Gasteiger partial charge on any atom is 0.408 e. The molecule has 3 rings (SSSR count). The molecule has 1 heterocycles. The molecule has 0 radical (unpaired) electrons. The quantitative estimate of drug-likeness (QED) is 0.829. The van der Waals surface area contributed by atoms with E-state index < -0.39 is 18.1 Å². The highest BCUT2D eigenvalue weighted by Gasteiger charge is 2.59. The van der Waals surface area contributed by atoms with Crippen molar-refractivity contribution in [3.05, 3.63) is 0 Å². The first-order chi connectivity index (χ1) is 9.92. The lowest BCUT2D eigenvalue weighted by molar-refractivity contribution is -0.172. The minimum absolute atomic E-state index is 0. The molecule has 2 N–H and O–H groups in total.